The maximum Gasteiger partial charge on any atom is 0.410 e. The monoisotopic (exact) mass is 592 g/mol. The molecule has 2 unspecified atom stereocenters. The van der Waals surface area contributed by atoms with Crippen LogP contribution in [-0.4, -0.2) is 45.4 Å². The molecule has 7 nitrogen and oxygen atoms in total. The number of carbonyl (C=O) groups excluding carboxylic acids is 1. The number of benzene rings is 2. The molecule has 1 N–H and O–H groups in total. The molecule has 2 aliphatic rings. The number of aromatic nitrogens is 3. The molecule has 1 fully saturated rings. The van der Waals surface area contributed by atoms with Gasteiger partial charge in [0.15, 0.2) is 6.23 Å². The number of amides is 1. The van der Waals surface area contributed by atoms with E-state index in [9.17, 15) is 4.79 Å². The Morgan fingerprint density at radius 1 is 1.18 bits per heavy atom. The van der Waals surface area contributed by atoms with Gasteiger partial charge in [-0.2, -0.15) is 0 Å². The van der Waals surface area contributed by atoms with Crippen molar-refractivity contribution >= 4 is 41.0 Å². The molecule has 9 heteroatoms. The number of rotatable bonds is 2. The van der Waals surface area contributed by atoms with Crippen LogP contribution in [0.15, 0.2) is 53.1 Å². The van der Waals surface area contributed by atoms with Gasteiger partial charge in [-0.05, 0) is 70.1 Å². The van der Waals surface area contributed by atoms with E-state index < -0.39 is 13.7 Å². The van der Waals surface area contributed by atoms with Gasteiger partial charge in [-0.25, -0.2) is 9.78 Å². The van der Waals surface area contributed by atoms with Crippen molar-refractivity contribution in [3.63, 3.8) is 0 Å². The predicted molar refractivity (Wildman–Crippen MR) is 156 cm³/mol. The van der Waals surface area contributed by atoms with Crippen molar-refractivity contribution in [3.05, 3.63) is 59.0 Å². The van der Waals surface area contributed by atoms with Crippen molar-refractivity contribution in [2.24, 2.45) is 0 Å². The zero-order chi connectivity index (χ0) is 27.0. The standard InChI is InChI=1S/C29H33BrN4O3Si/c1-17-34-23-10-8-20(30)11-19(23)12-24(34)21-9-7-18(13-26(21)36-17)22-14-31-27(32-22)25-15-38(5,6)16-33(25)28(35)37-29(2,3)4/h7-14,17,25H,15-16H2,1-6H3,(H,31,32). The topological polar surface area (TPSA) is 72.4 Å². The maximum atomic E-state index is 13.0. The molecular weight excluding hydrogens is 560 g/mol. The molecule has 198 valence electrons. The molecule has 2 atom stereocenters. The first-order valence-electron chi connectivity index (χ1n) is 13.0. The summed E-state index contributed by atoms with van der Waals surface area (Å²) >= 11 is 3.59. The van der Waals surface area contributed by atoms with Gasteiger partial charge in [-0.15, -0.1) is 0 Å². The number of nitrogens with zero attached hydrogens (tertiary/aromatic N) is 3. The molecule has 0 aliphatic carbocycles. The van der Waals surface area contributed by atoms with Crippen molar-refractivity contribution in [2.45, 2.75) is 64.7 Å². The number of fused-ring (bicyclic) bond motifs is 5. The number of hydrogen-bond acceptors (Lipinski definition) is 4. The number of H-pyrrole nitrogens is 1. The molecule has 0 spiro atoms. The molecule has 0 bridgehead atoms. The van der Waals surface area contributed by atoms with E-state index in [1.165, 1.54) is 5.39 Å². The maximum absolute atomic E-state index is 13.0. The van der Waals surface area contributed by atoms with Crippen LogP contribution < -0.4 is 4.74 Å². The summed E-state index contributed by atoms with van der Waals surface area (Å²) in [6.07, 6.45) is 2.23. The lowest BCUT2D eigenvalue weighted by Gasteiger charge is -2.28. The summed E-state index contributed by atoms with van der Waals surface area (Å²) < 4.78 is 15.4. The van der Waals surface area contributed by atoms with E-state index in [4.69, 9.17) is 14.5 Å². The van der Waals surface area contributed by atoms with Crippen LogP contribution in [-0.2, 0) is 4.74 Å². The van der Waals surface area contributed by atoms with Gasteiger partial charge in [0.2, 0.25) is 0 Å². The molecule has 6 rings (SSSR count). The van der Waals surface area contributed by atoms with E-state index in [1.807, 2.05) is 31.9 Å². The largest absolute Gasteiger partial charge is 0.470 e. The third-order valence-corrected chi connectivity index (χ3v) is 10.5. The second kappa shape index (κ2) is 8.74. The smallest absolute Gasteiger partial charge is 0.410 e. The van der Waals surface area contributed by atoms with E-state index in [0.717, 1.165) is 56.3 Å². The number of nitrogens with one attached hydrogen (secondary N) is 1. The second-order valence-corrected chi connectivity index (χ2v) is 18.2. The summed E-state index contributed by atoms with van der Waals surface area (Å²) in [6, 6.07) is 15.7. The van der Waals surface area contributed by atoms with Crippen LogP contribution in [0.5, 0.6) is 5.75 Å². The Hall–Kier alpha value is -3.04. The summed E-state index contributed by atoms with van der Waals surface area (Å²) in [4.78, 5) is 23.2. The van der Waals surface area contributed by atoms with Crippen molar-refractivity contribution in [1.82, 2.24) is 19.4 Å². The van der Waals surface area contributed by atoms with Crippen LogP contribution in [0.25, 0.3) is 33.4 Å². The molecule has 0 radical (unpaired) electrons. The highest BCUT2D eigenvalue weighted by molar-refractivity contribution is 9.10. The number of aromatic amines is 1. The minimum absolute atomic E-state index is 0.107. The fourth-order valence-corrected chi connectivity index (χ4v) is 8.96. The molecule has 0 saturated carbocycles. The summed E-state index contributed by atoms with van der Waals surface area (Å²) in [6.45, 7) is 12.4. The number of imidazole rings is 1. The molecule has 2 aromatic carbocycles. The Morgan fingerprint density at radius 3 is 2.74 bits per heavy atom. The normalized spacial score (nSPS) is 20.2. The number of hydrogen-bond donors (Lipinski definition) is 1. The Kier molecular flexibility index (Phi) is 5.81. The van der Waals surface area contributed by atoms with Gasteiger partial charge < -0.3 is 23.9 Å². The lowest BCUT2D eigenvalue weighted by Crippen LogP contribution is -2.39. The van der Waals surface area contributed by atoms with Crippen molar-refractivity contribution in [1.29, 1.82) is 0 Å². The van der Waals surface area contributed by atoms with Gasteiger partial charge in [-0.3, -0.25) is 0 Å². The number of ether oxygens (including phenoxy) is 2. The summed E-state index contributed by atoms with van der Waals surface area (Å²) in [5.41, 5.74) is 4.74. The van der Waals surface area contributed by atoms with E-state index >= 15 is 0 Å². The van der Waals surface area contributed by atoms with Gasteiger partial charge in [0, 0.05) is 27.2 Å². The van der Waals surface area contributed by atoms with E-state index in [1.54, 1.807) is 0 Å². The summed E-state index contributed by atoms with van der Waals surface area (Å²) in [5, 5.41) is 1.18. The van der Waals surface area contributed by atoms with E-state index in [-0.39, 0.29) is 18.4 Å². The first kappa shape index (κ1) is 25.2. The lowest BCUT2D eigenvalue weighted by molar-refractivity contribution is 0.0229. The number of carbonyl (C=O) groups is 1. The van der Waals surface area contributed by atoms with Crippen molar-refractivity contribution in [3.8, 4) is 28.3 Å². The van der Waals surface area contributed by atoms with Gasteiger partial charge in [-0.1, -0.05) is 35.1 Å². The number of halogens is 1. The molecule has 2 aliphatic heterocycles. The minimum Gasteiger partial charge on any atom is -0.470 e. The fraction of sp³-hybridized carbons (Fsp3) is 0.379. The second-order valence-electron chi connectivity index (χ2n) is 12.2. The molecule has 1 saturated heterocycles. The molecular formula is C29H33BrN4O3Si. The van der Waals surface area contributed by atoms with Crippen LogP contribution in [0.3, 0.4) is 0 Å². The summed E-state index contributed by atoms with van der Waals surface area (Å²) in [7, 11) is -1.60. The minimum atomic E-state index is -1.60. The van der Waals surface area contributed by atoms with Gasteiger partial charge >= 0.3 is 6.09 Å². The highest BCUT2D eigenvalue weighted by atomic mass is 79.9. The third-order valence-electron chi connectivity index (χ3n) is 7.29. The van der Waals surface area contributed by atoms with Crippen LogP contribution >= 0.6 is 15.9 Å². The van der Waals surface area contributed by atoms with Crippen LogP contribution in [0.2, 0.25) is 19.1 Å². The molecule has 2 aromatic heterocycles. The quantitative estimate of drug-likeness (QED) is 0.240. The average molecular weight is 594 g/mol. The summed E-state index contributed by atoms with van der Waals surface area (Å²) in [5.74, 6) is 1.66. The van der Waals surface area contributed by atoms with Crippen LogP contribution in [0, 0.1) is 0 Å². The Morgan fingerprint density at radius 2 is 1.97 bits per heavy atom. The van der Waals surface area contributed by atoms with Gasteiger partial charge in [0.05, 0.1) is 37.2 Å². The predicted octanol–water partition coefficient (Wildman–Crippen LogP) is 7.91. The SMILES string of the molecule is CC1Oc2cc(-c3cnc(C4C[Si](C)(C)CN4C(=O)OC(C)(C)C)[nH]3)ccc2-c2cc3cc(Br)ccc3n21. The van der Waals surface area contributed by atoms with E-state index in [2.05, 4.69) is 88.0 Å². The van der Waals surface area contributed by atoms with Gasteiger partial charge in [0.1, 0.15) is 17.2 Å². The zero-order valence-corrected chi connectivity index (χ0v) is 25.2. The first-order valence-corrected chi connectivity index (χ1v) is 17.3. The zero-order valence-electron chi connectivity index (χ0n) is 22.6. The van der Waals surface area contributed by atoms with Crippen LogP contribution in [0.4, 0.5) is 4.79 Å². The Balaban J connectivity index is 1.32. The Labute approximate surface area is 232 Å². The van der Waals surface area contributed by atoms with E-state index in [0.29, 0.717) is 0 Å². The van der Waals surface area contributed by atoms with Gasteiger partial charge in [0.25, 0.3) is 0 Å². The fourth-order valence-electron chi connectivity index (χ4n) is 5.72. The first-order chi connectivity index (χ1) is 17.9. The molecule has 38 heavy (non-hydrogen) atoms. The van der Waals surface area contributed by atoms with Crippen molar-refractivity contribution < 1.29 is 14.3 Å². The highest BCUT2D eigenvalue weighted by Crippen LogP contribution is 2.44. The van der Waals surface area contributed by atoms with Crippen molar-refractivity contribution in [2.75, 3.05) is 6.17 Å². The third kappa shape index (κ3) is 4.45. The average Bonchev–Trinajstić information content (AvgIpc) is 3.52. The molecule has 1 amide bonds. The highest BCUT2D eigenvalue weighted by Gasteiger charge is 2.45. The lowest BCUT2D eigenvalue weighted by atomic mass is 10.0. The van der Waals surface area contributed by atoms with Crippen LogP contribution in [0.1, 0.15) is 45.8 Å². The molecule has 4 heterocycles. The molecule has 4 aromatic rings. The Bertz CT molecular complexity index is 1570.